The highest BCUT2D eigenvalue weighted by Gasteiger charge is 2.15. The van der Waals surface area contributed by atoms with E-state index in [4.69, 9.17) is 16.6 Å². The number of hydrogen-bond acceptors (Lipinski definition) is 2. The number of hydrogen-bond donors (Lipinski definition) is 0. The van der Waals surface area contributed by atoms with Crippen molar-refractivity contribution in [1.82, 2.24) is 9.38 Å². The Morgan fingerprint density at radius 1 is 1.19 bits per heavy atom. The first kappa shape index (κ1) is 14.4. The summed E-state index contributed by atoms with van der Waals surface area (Å²) in [4.78, 5) is 6.83. The van der Waals surface area contributed by atoms with Gasteiger partial charge in [-0.2, -0.15) is 0 Å². The maximum atomic E-state index is 6.13. The van der Waals surface area contributed by atoms with Crippen LogP contribution in [0.4, 0.5) is 5.82 Å². The van der Waals surface area contributed by atoms with Gasteiger partial charge in [-0.1, -0.05) is 40.2 Å². The lowest BCUT2D eigenvalue weighted by Gasteiger charge is -2.18. The Kier molecular flexibility index (Phi) is 4.17. The van der Waals surface area contributed by atoms with Crippen LogP contribution in [0, 0.1) is 0 Å². The first-order valence-corrected chi connectivity index (χ1v) is 8.00. The predicted molar refractivity (Wildman–Crippen MR) is 91.0 cm³/mol. The molecule has 2 aromatic heterocycles. The molecule has 0 saturated carbocycles. The van der Waals surface area contributed by atoms with Crippen LogP contribution in [0.1, 0.15) is 11.3 Å². The van der Waals surface area contributed by atoms with Crippen molar-refractivity contribution in [2.24, 2.45) is 0 Å². The van der Waals surface area contributed by atoms with E-state index in [-0.39, 0.29) is 0 Å². The maximum absolute atomic E-state index is 6.13. The Labute approximate surface area is 137 Å². The molecule has 0 atom stereocenters. The zero-order chi connectivity index (χ0) is 14.8. The molecule has 0 unspecified atom stereocenters. The smallest absolute Gasteiger partial charge is 0.152 e. The molecule has 2 heterocycles. The number of benzene rings is 1. The average Bonchev–Trinajstić information content (AvgIpc) is 2.88. The number of fused-ring (bicyclic) bond motifs is 1. The molecule has 3 aromatic rings. The molecule has 0 saturated heterocycles. The summed E-state index contributed by atoms with van der Waals surface area (Å²) in [5.74, 6) is 1.35. The third kappa shape index (κ3) is 2.78. The number of halogens is 2. The van der Waals surface area contributed by atoms with Crippen molar-refractivity contribution in [1.29, 1.82) is 0 Å². The van der Waals surface area contributed by atoms with Gasteiger partial charge in [0.15, 0.2) is 5.82 Å². The number of nitrogens with zero attached hydrogens (tertiary/aromatic N) is 3. The minimum absolute atomic E-state index is 0.431. The standard InChI is InChI=1S/C16H15BrClN3/c1-20(11-12-6-2-3-7-13(12)17)16-14(10-18)21-9-5-4-8-15(21)19-16/h2-9H,10-11H2,1H3. The van der Waals surface area contributed by atoms with Gasteiger partial charge in [0.25, 0.3) is 0 Å². The van der Waals surface area contributed by atoms with Gasteiger partial charge in [0.05, 0.1) is 11.6 Å². The minimum Gasteiger partial charge on any atom is -0.354 e. The highest BCUT2D eigenvalue weighted by Crippen LogP contribution is 2.25. The van der Waals surface area contributed by atoms with Gasteiger partial charge in [0, 0.05) is 24.3 Å². The van der Waals surface area contributed by atoms with Gasteiger partial charge < -0.3 is 9.30 Å². The second-order valence-electron chi connectivity index (χ2n) is 4.89. The maximum Gasteiger partial charge on any atom is 0.152 e. The second kappa shape index (κ2) is 6.08. The fraction of sp³-hybridized carbons (Fsp3) is 0.188. The van der Waals surface area contributed by atoms with Crippen LogP contribution in [0.25, 0.3) is 5.65 Å². The van der Waals surface area contributed by atoms with Crippen molar-refractivity contribution in [3.8, 4) is 0 Å². The van der Waals surface area contributed by atoms with Crippen LogP contribution >= 0.6 is 27.5 Å². The van der Waals surface area contributed by atoms with Gasteiger partial charge in [-0.05, 0) is 23.8 Å². The molecule has 3 nitrogen and oxygen atoms in total. The van der Waals surface area contributed by atoms with Gasteiger partial charge >= 0.3 is 0 Å². The Morgan fingerprint density at radius 3 is 2.71 bits per heavy atom. The molecule has 0 aliphatic carbocycles. The average molecular weight is 365 g/mol. The van der Waals surface area contributed by atoms with Crippen molar-refractivity contribution in [3.63, 3.8) is 0 Å². The lowest BCUT2D eigenvalue weighted by atomic mass is 10.2. The molecule has 0 aliphatic rings. The Hall–Kier alpha value is -1.52. The summed E-state index contributed by atoms with van der Waals surface area (Å²) in [6.07, 6.45) is 2.00. The molecule has 0 fully saturated rings. The zero-order valence-electron chi connectivity index (χ0n) is 11.6. The van der Waals surface area contributed by atoms with Crippen LogP contribution in [0.15, 0.2) is 53.1 Å². The van der Waals surface area contributed by atoms with Gasteiger partial charge in [-0.3, -0.25) is 0 Å². The van der Waals surface area contributed by atoms with E-state index in [0.29, 0.717) is 5.88 Å². The SMILES string of the molecule is CN(Cc1ccccc1Br)c1nc2ccccn2c1CCl. The zero-order valence-corrected chi connectivity index (χ0v) is 14.0. The van der Waals surface area contributed by atoms with Gasteiger partial charge in [0.2, 0.25) is 0 Å². The van der Waals surface area contributed by atoms with Crippen molar-refractivity contribution in [2.75, 3.05) is 11.9 Å². The van der Waals surface area contributed by atoms with E-state index >= 15 is 0 Å². The van der Waals surface area contributed by atoms with Crippen molar-refractivity contribution >= 4 is 39.0 Å². The molecular formula is C16H15BrClN3. The molecule has 0 N–H and O–H groups in total. The van der Waals surface area contributed by atoms with Gasteiger partial charge in [-0.15, -0.1) is 11.6 Å². The van der Waals surface area contributed by atoms with Crippen molar-refractivity contribution in [2.45, 2.75) is 12.4 Å². The molecule has 0 aliphatic heterocycles. The van der Waals surface area contributed by atoms with Crippen molar-refractivity contribution < 1.29 is 0 Å². The van der Waals surface area contributed by atoms with E-state index in [1.54, 1.807) is 0 Å². The minimum atomic E-state index is 0.431. The summed E-state index contributed by atoms with van der Waals surface area (Å²) in [5.41, 5.74) is 3.15. The molecular weight excluding hydrogens is 350 g/mol. The van der Waals surface area contributed by atoms with Crippen LogP contribution in [0.3, 0.4) is 0 Å². The number of aromatic nitrogens is 2. The van der Waals surface area contributed by atoms with E-state index in [9.17, 15) is 0 Å². The van der Waals surface area contributed by atoms with E-state index in [2.05, 4.69) is 33.0 Å². The first-order chi connectivity index (χ1) is 10.2. The largest absolute Gasteiger partial charge is 0.354 e. The number of anilines is 1. The first-order valence-electron chi connectivity index (χ1n) is 6.67. The number of pyridine rings is 1. The number of alkyl halides is 1. The molecule has 1 aromatic carbocycles. The van der Waals surface area contributed by atoms with Gasteiger partial charge in [0.1, 0.15) is 5.65 Å². The molecule has 0 spiro atoms. The predicted octanol–water partition coefficient (Wildman–Crippen LogP) is 4.47. The van der Waals surface area contributed by atoms with E-state index in [0.717, 1.165) is 28.2 Å². The normalized spacial score (nSPS) is 11.0. The summed E-state index contributed by atoms with van der Waals surface area (Å²) in [6, 6.07) is 14.2. The van der Waals surface area contributed by atoms with Crippen LogP contribution in [-0.2, 0) is 12.4 Å². The second-order valence-corrected chi connectivity index (χ2v) is 6.01. The topological polar surface area (TPSA) is 20.5 Å². The van der Waals surface area contributed by atoms with E-state index in [1.165, 1.54) is 5.56 Å². The van der Waals surface area contributed by atoms with Gasteiger partial charge in [-0.25, -0.2) is 4.98 Å². The third-order valence-corrected chi connectivity index (χ3v) is 4.49. The van der Waals surface area contributed by atoms with Crippen LogP contribution in [-0.4, -0.2) is 16.4 Å². The Morgan fingerprint density at radius 2 is 1.95 bits per heavy atom. The summed E-state index contributed by atoms with van der Waals surface area (Å²) in [5, 5.41) is 0. The molecule has 21 heavy (non-hydrogen) atoms. The Balaban J connectivity index is 1.98. The summed E-state index contributed by atoms with van der Waals surface area (Å²) in [7, 11) is 2.04. The summed E-state index contributed by atoms with van der Waals surface area (Å²) >= 11 is 9.72. The molecule has 0 amide bonds. The highest BCUT2D eigenvalue weighted by molar-refractivity contribution is 9.10. The van der Waals surface area contributed by atoms with Crippen molar-refractivity contribution in [3.05, 3.63) is 64.4 Å². The molecule has 0 bridgehead atoms. The highest BCUT2D eigenvalue weighted by atomic mass is 79.9. The quantitative estimate of drug-likeness (QED) is 0.637. The molecule has 3 rings (SSSR count). The number of rotatable bonds is 4. The van der Waals surface area contributed by atoms with Crippen LogP contribution < -0.4 is 4.90 Å². The van der Waals surface area contributed by atoms with E-state index < -0.39 is 0 Å². The fourth-order valence-corrected chi connectivity index (χ4v) is 3.08. The molecule has 0 radical (unpaired) electrons. The van der Waals surface area contributed by atoms with Crippen LogP contribution in [0.2, 0.25) is 0 Å². The Bertz CT molecular complexity index is 769. The number of imidazole rings is 1. The fourth-order valence-electron chi connectivity index (χ4n) is 2.42. The monoisotopic (exact) mass is 363 g/mol. The molecule has 5 heteroatoms. The summed E-state index contributed by atoms with van der Waals surface area (Å²) in [6.45, 7) is 0.773. The third-order valence-electron chi connectivity index (χ3n) is 3.46. The van der Waals surface area contributed by atoms with E-state index in [1.807, 2.05) is 48.0 Å². The summed E-state index contributed by atoms with van der Waals surface area (Å²) < 4.78 is 3.15. The molecule has 108 valence electrons. The lowest BCUT2D eigenvalue weighted by Crippen LogP contribution is -2.18. The van der Waals surface area contributed by atoms with Crippen LogP contribution in [0.5, 0.6) is 0 Å². The lowest BCUT2D eigenvalue weighted by molar-refractivity contribution is 0.890.